The zero-order chi connectivity index (χ0) is 15.5. The van der Waals surface area contributed by atoms with Crippen LogP contribution < -0.4 is 5.32 Å². The molecule has 5 heteroatoms. The number of nitrogens with zero attached hydrogens (tertiary/aromatic N) is 1. The van der Waals surface area contributed by atoms with Crippen LogP contribution in [0.5, 0.6) is 0 Å². The number of hydrogen-bond acceptors (Lipinski definition) is 4. The zero-order valence-electron chi connectivity index (χ0n) is 13.2. The highest BCUT2D eigenvalue weighted by atomic mass is 32.2. The SMILES string of the molecule is CCS(=O)(=O)CCN1CC(c2ccccc2)NCC1(C)C. The fourth-order valence-electron chi connectivity index (χ4n) is 2.71. The van der Waals surface area contributed by atoms with Gasteiger partial charge in [0, 0.05) is 37.0 Å². The number of sulfone groups is 1. The first kappa shape index (κ1) is 16.5. The quantitative estimate of drug-likeness (QED) is 0.902. The van der Waals surface area contributed by atoms with Gasteiger partial charge in [0.2, 0.25) is 0 Å². The smallest absolute Gasteiger partial charge is 0.151 e. The van der Waals surface area contributed by atoms with Crippen molar-refractivity contribution in [1.29, 1.82) is 0 Å². The van der Waals surface area contributed by atoms with E-state index in [4.69, 9.17) is 0 Å². The molecule has 1 fully saturated rings. The molecule has 0 aromatic heterocycles. The second-order valence-corrected chi connectivity index (χ2v) is 8.81. The molecule has 0 amide bonds. The molecule has 1 aliphatic heterocycles. The van der Waals surface area contributed by atoms with Crippen LogP contribution in [-0.4, -0.2) is 50.0 Å². The van der Waals surface area contributed by atoms with Crippen LogP contribution in [0.3, 0.4) is 0 Å². The Bertz CT molecular complexity index is 555. The van der Waals surface area contributed by atoms with Gasteiger partial charge in [-0.25, -0.2) is 8.42 Å². The molecule has 118 valence electrons. The van der Waals surface area contributed by atoms with Gasteiger partial charge < -0.3 is 5.32 Å². The van der Waals surface area contributed by atoms with Crippen LogP contribution in [0.15, 0.2) is 30.3 Å². The molecular weight excluding hydrogens is 284 g/mol. The molecule has 2 rings (SSSR count). The molecule has 21 heavy (non-hydrogen) atoms. The molecule has 4 nitrogen and oxygen atoms in total. The minimum atomic E-state index is -2.91. The topological polar surface area (TPSA) is 49.4 Å². The van der Waals surface area contributed by atoms with Crippen molar-refractivity contribution in [3.8, 4) is 0 Å². The van der Waals surface area contributed by atoms with Crippen LogP contribution in [0.25, 0.3) is 0 Å². The molecule has 0 aliphatic carbocycles. The Kier molecular flexibility index (Phi) is 5.07. The summed E-state index contributed by atoms with van der Waals surface area (Å²) in [4.78, 5) is 2.30. The van der Waals surface area contributed by atoms with E-state index in [1.54, 1.807) is 6.92 Å². The van der Waals surface area contributed by atoms with Gasteiger partial charge in [-0.05, 0) is 19.4 Å². The lowest BCUT2D eigenvalue weighted by Gasteiger charge is -2.46. The van der Waals surface area contributed by atoms with E-state index >= 15 is 0 Å². The third-order valence-corrected chi connectivity index (χ3v) is 6.04. The Morgan fingerprint density at radius 3 is 2.57 bits per heavy atom. The maximum Gasteiger partial charge on any atom is 0.151 e. The minimum absolute atomic E-state index is 0.0193. The van der Waals surface area contributed by atoms with Crippen molar-refractivity contribution in [1.82, 2.24) is 10.2 Å². The molecule has 1 unspecified atom stereocenters. The Labute approximate surface area is 128 Å². The first-order valence-electron chi connectivity index (χ1n) is 7.58. The molecule has 0 saturated carbocycles. The Morgan fingerprint density at radius 1 is 1.29 bits per heavy atom. The van der Waals surface area contributed by atoms with Gasteiger partial charge in [-0.1, -0.05) is 37.3 Å². The van der Waals surface area contributed by atoms with Crippen molar-refractivity contribution in [3.63, 3.8) is 0 Å². The summed E-state index contributed by atoms with van der Waals surface area (Å²) in [5, 5.41) is 3.58. The first-order valence-corrected chi connectivity index (χ1v) is 9.40. The first-order chi connectivity index (χ1) is 9.84. The second-order valence-electron chi connectivity index (χ2n) is 6.34. The molecule has 1 aromatic rings. The van der Waals surface area contributed by atoms with Crippen LogP contribution in [-0.2, 0) is 9.84 Å². The van der Waals surface area contributed by atoms with E-state index in [1.165, 1.54) is 5.56 Å². The number of benzene rings is 1. The molecule has 1 N–H and O–H groups in total. The monoisotopic (exact) mass is 310 g/mol. The van der Waals surface area contributed by atoms with Gasteiger partial charge in [0.15, 0.2) is 9.84 Å². The third-order valence-electron chi connectivity index (χ3n) is 4.35. The highest BCUT2D eigenvalue weighted by molar-refractivity contribution is 7.91. The van der Waals surface area contributed by atoms with Gasteiger partial charge in [-0.15, -0.1) is 0 Å². The molecular formula is C16H26N2O2S. The van der Waals surface area contributed by atoms with Crippen LogP contribution in [0.4, 0.5) is 0 Å². The molecule has 0 radical (unpaired) electrons. The van der Waals surface area contributed by atoms with Crippen molar-refractivity contribution >= 4 is 9.84 Å². The lowest BCUT2D eigenvalue weighted by atomic mass is 9.94. The van der Waals surface area contributed by atoms with Crippen LogP contribution >= 0.6 is 0 Å². The lowest BCUT2D eigenvalue weighted by molar-refractivity contribution is 0.0725. The maximum atomic E-state index is 11.8. The maximum absolute atomic E-state index is 11.8. The fourth-order valence-corrected chi connectivity index (χ4v) is 3.50. The van der Waals surface area contributed by atoms with Gasteiger partial charge in [-0.2, -0.15) is 0 Å². The van der Waals surface area contributed by atoms with Crippen LogP contribution in [0, 0.1) is 0 Å². The van der Waals surface area contributed by atoms with Gasteiger partial charge in [0.1, 0.15) is 0 Å². The predicted octanol–water partition coefficient (Wildman–Crippen LogP) is 1.85. The molecule has 1 aliphatic rings. The summed E-state index contributed by atoms with van der Waals surface area (Å²) in [5.74, 6) is 0.468. The number of hydrogen-bond donors (Lipinski definition) is 1. The number of rotatable bonds is 5. The van der Waals surface area contributed by atoms with Gasteiger partial charge in [-0.3, -0.25) is 4.90 Å². The Morgan fingerprint density at radius 2 is 1.95 bits per heavy atom. The van der Waals surface area contributed by atoms with E-state index in [-0.39, 0.29) is 23.1 Å². The van der Waals surface area contributed by atoms with E-state index in [0.717, 1.165) is 13.1 Å². The standard InChI is InChI=1S/C16H26N2O2S/c1-4-21(19,20)11-10-18-12-15(17-13-16(18,2)3)14-8-6-5-7-9-14/h5-9,15,17H,4,10-13H2,1-3H3. The zero-order valence-corrected chi connectivity index (χ0v) is 14.0. The van der Waals surface area contributed by atoms with Crippen molar-refractivity contribution in [2.45, 2.75) is 32.4 Å². The molecule has 1 atom stereocenters. The van der Waals surface area contributed by atoms with Crippen molar-refractivity contribution in [2.75, 3.05) is 31.1 Å². The molecule has 1 heterocycles. The lowest BCUT2D eigenvalue weighted by Crippen LogP contribution is -2.59. The predicted molar refractivity (Wildman–Crippen MR) is 87.2 cm³/mol. The number of nitrogens with one attached hydrogen (secondary N) is 1. The van der Waals surface area contributed by atoms with E-state index < -0.39 is 9.84 Å². The normalized spacial score (nSPS) is 23.1. The van der Waals surface area contributed by atoms with E-state index in [0.29, 0.717) is 6.54 Å². The van der Waals surface area contributed by atoms with Crippen molar-refractivity contribution in [2.24, 2.45) is 0 Å². The summed E-state index contributed by atoms with van der Waals surface area (Å²) in [6.45, 7) is 8.35. The second kappa shape index (κ2) is 6.46. The molecule has 0 bridgehead atoms. The largest absolute Gasteiger partial charge is 0.307 e. The number of piperazine rings is 1. The van der Waals surface area contributed by atoms with Crippen molar-refractivity contribution < 1.29 is 8.42 Å². The third kappa shape index (κ3) is 4.28. The minimum Gasteiger partial charge on any atom is -0.307 e. The van der Waals surface area contributed by atoms with E-state index in [1.807, 2.05) is 18.2 Å². The summed E-state index contributed by atoms with van der Waals surface area (Å²) in [5.41, 5.74) is 1.24. The molecule has 0 spiro atoms. The van der Waals surface area contributed by atoms with Gasteiger partial charge in [0.05, 0.1) is 5.75 Å². The highest BCUT2D eigenvalue weighted by Gasteiger charge is 2.34. The van der Waals surface area contributed by atoms with E-state index in [9.17, 15) is 8.42 Å². The van der Waals surface area contributed by atoms with Gasteiger partial charge in [0.25, 0.3) is 0 Å². The molecule has 1 saturated heterocycles. The molecule has 1 aromatic carbocycles. The summed E-state index contributed by atoms with van der Waals surface area (Å²) < 4.78 is 23.5. The fraction of sp³-hybridized carbons (Fsp3) is 0.625. The summed E-state index contributed by atoms with van der Waals surface area (Å²) in [6.07, 6.45) is 0. The average Bonchev–Trinajstić information content (AvgIpc) is 2.47. The summed E-state index contributed by atoms with van der Waals surface area (Å²) >= 11 is 0. The average molecular weight is 310 g/mol. The Hall–Kier alpha value is -0.910. The van der Waals surface area contributed by atoms with Crippen LogP contribution in [0.2, 0.25) is 0 Å². The van der Waals surface area contributed by atoms with E-state index in [2.05, 4.69) is 36.2 Å². The summed E-state index contributed by atoms with van der Waals surface area (Å²) in [6, 6.07) is 10.6. The van der Waals surface area contributed by atoms with Crippen LogP contribution in [0.1, 0.15) is 32.4 Å². The highest BCUT2D eigenvalue weighted by Crippen LogP contribution is 2.25. The van der Waals surface area contributed by atoms with Gasteiger partial charge >= 0.3 is 0 Å². The summed E-state index contributed by atoms with van der Waals surface area (Å²) in [7, 11) is -2.91. The van der Waals surface area contributed by atoms with Crippen molar-refractivity contribution in [3.05, 3.63) is 35.9 Å². The Balaban J connectivity index is 2.07.